The molecule has 1 aliphatic rings. The first-order valence-electron chi connectivity index (χ1n) is 7.33. The van der Waals surface area contributed by atoms with Gasteiger partial charge in [0.1, 0.15) is 5.75 Å². The molecule has 0 saturated heterocycles. The quantitative estimate of drug-likeness (QED) is 0.800. The Kier molecular flexibility index (Phi) is 5.94. The van der Waals surface area contributed by atoms with Crippen molar-refractivity contribution in [2.75, 3.05) is 19.1 Å². The molecule has 0 unspecified atom stereocenters. The molecule has 1 saturated carbocycles. The van der Waals surface area contributed by atoms with Gasteiger partial charge in [-0.1, -0.05) is 12.1 Å². The van der Waals surface area contributed by atoms with Crippen LogP contribution >= 0.6 is 11.8 Å². The molecule has 0 aliphatic heterocycles. The van der Waals surface area contributed by atoms with Crippen molar-refractivity contribution in [2.45, 2.75) is 37.9 Å². The van der Waals surface area contributed by atoms with E-state index in [2.05, 4.69) is 0 Å². The van der Waals surface area contributed by atoms with Crippen LogP contribution in [0.25, 0.3) is 0 Å². The van der Waals surface area contributed by atoms with Crippen LogP contribution in [0.5, 0.6) is 5.75 Å². The van der Waals surface area contributed by atoms with E-state index >= 15 is 0 Å². The van der Waals surface area contributed by atoms with Crippen LogP contribution in [-0.2, 0) is 11.3 Å². The van der Waals surface area contributed by atoms with Gasteiger partial charge < -0.3 is 15.4 Å². The number of carbonyl (C=O) groups excluding carboxylic acids is 1. The number of amides is 1. The highest BCUT2D eigenvalue weighted by Crippen LogP contribution is 2.29. The third kappa shape index (κ3) is 4.64. The van der Waals surface area contributed by atoms with Gasteiger partial charge in [-0.15, -0.1) is 0 Å². The van der Waals surface area contributed by atoms with Crippen molar-refractivity contribution in [3.05, 3.63) is 29.8 Å². The van der Waals surface area contributed by atoms with Gasteiger partial charge in [0, 0.05) is 12.6 Å². The molecule has 0 bridgehead atoms. The van der Waals surface area contributed by atoms with Gasteiger partial charge >= 0.3 is 0 Å². The van der Waals surface area contributed by atoms with Crippen LogP contribution in [0.2, 0.25) is 0 Å². The minimum Gasteiger partial charge on any atom is -0.497 e. The van der Waals surface area contributed by atoms with E-state index in [1.807, 2.05) is 35.4 Å². The lowest BCUT2D eigenvalue weighted by Crippen LogP contribution is -2.44. The van der Waals surface area contributed by atoms with Crippen molar-refractivity contribution in [1.82, 2.24) is 4.90 Å². The number of rotatable bonds is 8. The zero-order chi connectivity index (χ0) is 15.2. The lowest BCUT2D eigenvalue weighted by Gasteiger charge is -2.26. The molecule has 0 radical (unpaired) electrons. The number of carbonyl (C=O) groups is 1. The first-order valence-corrected chi connectivity index (χ1v) is 8.73. The second-order valence-corrected chi connectivity index (χ2v) is 6.42. The summed E-state index contributed by atoms with van der Waals surface area (Å²) in [6, 6.07) is 7.87. The highest BCUT2D eigenvalue weighted by molar-refractivity contribution is 7.98. The van der Waals surface area contributed by atoms with Gasteiger partial charge in [-0.05, 0) is 49.0 Å². The molecular weight excluding hydrogens is 284 g/mol. The summed E-state index contributed by atoms with van der Waals surface area (Å²) in [7, 11) is 1.65. The van der Waals surface area contributed by atoms with Crippen LogP contribution in [0, 0.1) is 0 Å². The Balaban J connectivity index is 1.99. The van der Waals surface area contributed by atoms with E-state index in [-0.39, 0.29) is 11.9 Å². The Hall–Kier alpha value is -1.20. The fourth-order valence-corrected chi connectivity index (χ4v) is 2.77. The molecule has 2 N–H and O–H groups in total. The Morgan fingerprint density at radius 2 is 2.10 bits per heavy atom. The third-order valence-corrected chi connectivity index (χ3v) is 4.38. The molecule has 2 rings (SSSR count). The van der Waals surface area contributed by atoms with Crippen molar-refractivity contribution in [3.63, 3.8) is 0 Å². The van der Waals surface area contributed by atoms with Gasteiger partial charge in [-0.25, -0.2) is 0 Å². The zero-order valence-corrected chi connectivity index (χ0v) is 13.6. The molecule has 0 aromatic heterocycles. The van der Waals surface area contributed by atoms with Gasteiger partial charge in [-0.3, -0.25) is 4.79 Å². The third-order valence-electron chi connectivity index (χ3n) is 3.73. The van der Waals surface area contributed by atoms with E-state index in [1.54, 1.807) is 18.9 Å². The molecule has 4 nitrogen and oxygen atoms in total. The van der Waals surface area contributed by atoms with Gasteiger partial charge in [0.05, 0.1) is 13.2 Å². The van der Waals surface area contributed by atoms with Crippen LogP contribution in [0.1, 0.15) is 24.8 Å². The van der Waals surface area contributed by atoms with E-state index in [0.29, 0.717) is 12.6 Å². The first kappa shape index (κ1) is 16.2. The van der Waals surface area contributed by atoms with Crippen molar-refractivity contribution >= 4 is 17.7 Å². The molecular formula is C16H24N2O2S. The maximum Gasteiger partial charge on any atom is 0.240 e. The summed E-state index contributed by atoms with van der Waals surface area (Å²) >= 11 is 1.73. The fourth-order valence-electron chi connectivity index (χ4n) is 2.28. The van der Waals surface area contributed by atoms with E-state index < -0.39 is 0 Å². The molecule has 1 aliphatic carbocycles. The number of methoxy groups -OCH3 is 1. The molecule has 116 valence electrons. The van der Waals surface area contributed by atoms with Crippen molar-refractivity contribution < 1.29 is 9.53 Å². The van der Waals surface area contributed by atoms with Crippen molar-refractivity contribution in [2.24, 2.45) is 5.73 Å². The largest absolute Gasteiger partial charge is 0.497 e. The normalized spacial score (nSPS) is 15.6. The van der Waals surface area contributed by atoms with Gasteiger partial charge in [-0.2, -0.15) is 11.8 Å². The number of hydrogen-bond acceptors (Lipinski definition) is 4. The number of nitrogens with zero attached hydrogens (tertiary/aromatic N) is 1. The number of benzene rings is 1. The predicted molar refractivity (Wildman–Crippen MR) is 87.5 cm³/mol. The standard InChI is InChI=1S/C16H24N2O2S/c1-20-14-7-3-12(4-8-14)11-18(13-5-6-13)16(19)15(17)9-10-21-2/h3-4,7-8,13,15H,5-6,9-11,17H2,1-2H3/t15-/m0/s1. The summed E-state index contributed by atoms with van der Waals surface area (Å²) in [5.74, 6) is 1.84. The van der Waals surface area contributed by atoms with Crippen LogP contribution in [-0.4, -0.2) is 42.0 Å². The molecule has 1 fully saturated rings. The fraction of sp³-hybridized carbons (Fsp3) is 0.562. The van der Waals surface area contributed by atoms with E-state index in [0.717, 1.165) is 36.3 Å². The molecule has 1 atom stereocenters. The lowest BCUT2D eigenvalue weighted by atomic mass is 10.1. The van der Waals surface area contributed by atoms with Gasteiger partial charge in [0.2, 0.25) is 5.91 Å². The Bertz CT molecular complexity index is 460. The Morgan fingerprint density at radius 3 is 2.62 bits per heavy atom. The molecule has 1 aromatic rings. The summed E-state index contributed by atoms with van der Waals surface area (Å²) in [6.45, 7) is 0.639. The molecule has 5 heteroatoms. The minimum absolute atomic E-state index is 0.0855. The highest BCUT2D eigenvalue weighted by atomic mass is 32.2. The number of hydrogen-bond donors (Lipinski definition) is 1. The first-order chi connectivity index (χ1) is 10.2. The number of ether oxygens (including phenoxy) is 1. The highest BCUT2D eigenvalue weighted by Gasteiger charge is 2.34. The van der Waals surface area contributed by atoms with Crippen LogP contribution in [0.3, 0.4) is 0 Å². The SMILES string of the molecule is COc1ccc(CN(C(=O)[C@@H](N)CCSC)C2CC2)cc1. The lowest BCUT2D eigenvalue weighted by molar-refractivity contribution is -0.133. The summed E-state index contributed by atoms with van der Waals surface area (Å²) in [5, 5.41) is 0. The molecule has 21 heavy (non-hydrogen) atoms. The molecule has 0 heterocycles. The molecule has 1 amide bonds. The predicted octanol–water partition coefficient (Wildman–Crippen LogP) is 2.27. The zero-order valence-electron chi connectivity index (χ0n) is 12.7. The second-order valence-electron chi connectivity index (χ2n) is 5.43. The van der Waals surface area contributed by atoms with Crippen LogP contribution in [0.4, 0.5) is 0 Å². The van der Waals surface area contributed by atoms with Gasteiger partial charge in [0.15, 0.2) is 0 Å². The second kappa shape index (κ2) is 7.71. The van der Waals surface area contributed by atoms with Crippen molar-refractivity contribution in [1.29, 1.82) is 0 Å². The molecule has 1 aromatic carbocycles. The molecule has 0 spiro atoms. The van der Waals surface area contributed by atoms with Crippen molar-refractivity contribution in [3.8, 4) is 5.75 Å². The van der Waals surface area contributed by atoms with Gasteiger partial charge in [0.25, 0.3) is 0 Å². The maximum atomic E-state index is 12.5. The van der Waals surface area contributed by atoms with Crippen LogP contribution < -0.4 is 10.5 Å². The Morgan fingerprint density at radius 1 is 1.43 bits per heavy atom. The minimum atomic E-state index is -0.378. The Labute approximate surface area is 131 Å². The number of thioether (sulfide) groups is 1. The summed E-state index contributed by atoms with van der Waals surface area (Å²) in [5.41, 5.74) is 7.16. The number of nitrogens with two attached hydrogens (primary N) is 1. The summed E-state index contributed by atoms with van der Waals surface area (Å²) in [4.78, 5) is 14.5. The average molecular weight is 308 g/mol. The summed E-state index contributed by atoms with van der Waals surface area (Å²) < 4.78 is 5.16. The monoisotopic (exact) mass is 308 g/mol. The van der Waals surface area contributed by atoms with E-state index in [4.69, 9.17) is 10.5 Å². The topological polar surface area (TPSA) is 55.6 Å². The maximum absolute atomic E-state index is 12.5. The van der Waals surface area contributed by atoms with E-state index in [1.165, 1.54) is 0 Å². The average Bonchev–Trinajstić information content (AvgIpc) is 3.34. The van der Waals surface area contributed by atoms with Crippen LogP contribution in [0.15, 0.2) is 24.3 Å². The summed E-state index contributed by atoms with van der Waals surface area (Å²) in [6.07, 6.45) is 4.97. The smallest absolute Gasteiger partial charge is 0.240 e. The van der Waals surface area contributed by atoms with E-state index in [9.17, 15) is 4.79 Å².